The Kier molecular flexibility index (Phi) is 6.45. The van der Waals surface area contributed by atoms with E-state index in [0.29, 0.717) is 13.1 Å². The van der Waals surface area contributed by atoms with E-state index in [1.165, 1.54) is 16.7 Å². The summed E-state index contributed by atoms with van der Waals surface area (Å²) in [6.45, 7) is 9.08. The van der Waals surface area contributed by atoms with Crippen molar-refractivity contribution in [2.75, 3.05) is 11.4 Å². The maximum absolute atomic E-state index is 13.6. The van der Waals surface area contributed by atoms with Crippen molar-refractivity contribution >= 4 is 22.5 Å². The van der Waals surface area contributed by atoms with Crippen LogP contribution in [0.15, 0.2) is 77.6 Å². The van der Waals surface area contributed by atoms with Crippen molar-refractivity contribution < 1.29 is 4.79 Å². The first-order valence-electron chi connectivity index (χ1n) is 11.5. The summed E-state index contributed by atoms with van der Waals surface area (Å²) in [6, 6.07) is 23.7. The minimum absolute atomic E-state index is 0.193. The molecule has 0 saturated heterocycles. The van der Waals surface area contributed by atoms with Gasteiger partial charge < -0.3 is 9.47 Å². The number of hydrogen-bond acceptors (Lipinski definition) is 2. The van der Waals surface area contributed by atoms with E-state index in [9.17, 15) is 9.59 Å². The van der Waals surface area contributed by atoms with E-state index < -0.39 is 0 Å². The summed E-state index contributed by atoms with van der Waals surface area (Å²) in [5.74, 6) is -0.272. The molecule has 4 heteroatoms. The zero-order chi connectivity index (χ0) is 23.5. The summed E-state index contributed by atoms with van der Waals surface area (Å²) < 4.78 is 1.72. The second-order valence-electron chi connectivity index (χ2n) is 8.50. The fourth-order valence-corrected chi connectivity index (χ4v) is 4.22. The van der Waals surface area contributed by atoms with Gasteiger partial charge in [0.2, 0.25) is 0 Å². The molecule has 0 fully saturated rings. The van der Waals surface area contributed by atoms with Gasteiger partial charge >= 0.3 is 0 Å². The number of fused-ring (bicyclic) bond motifs is 1. The predicted octanol–water partition coefficient (Wildman–Crippen LogP) is 5.90. The topological polar surface area (TPSA) is 42.3 Å². The molecule has 1 heterocycles. The number of anilines is 1. The van der Waals surface area contributed by atoms with Crippen molar-refractivity contribution in [1.82, 2.24) is 4.57 Å². The lowest BCUT2D eigenvalue weighted by atomic mass is 10.1. The van der Waals surface area contributed by atoms with Gasteiger partial charge in [0, 0.05) is 12.2 Å². The molecule has 168 valence electrons. The number of hydrogen-bond donors (Lipinski definition) is 0. The molecule has 0 bridgehead atoms. The Labute approximate surface area is 195 Å². The number of nitrogens with zero attached hydrogens (tertiary/aromatic N) is 2. The van der Waals surface area contributed by atoms with E-state index in [-0.39, 0.29) is 17.0 Å². The maximum Gasteiger partial charge on any atom is 0.264 e. The van der Waals surface area contributed by atoms with Crippen molar-refractivity contribution in [1.29, 1.82) is 0 Å². The van der Waals surface area contributed by atoms with Crippen LogP contribution >= 0.6 is 0 Å². The van der Waals surface area contributed by atoms with Crippen molar-refractivity contribution in [2.45, 2.75) is 40.7 Å². The van der Waals surface area contributed by atoms with Crippen LogP contribution in [-0.2, 0) is 13.0 Å². The van der Waals surface area contributed by atoms with Gasteiger partial charge in [0.05, 0.1) is 12.1 Å². The van der Waals surface area contributed by atoms with Crippen LogP contribution in [0.5, 0.6) is 0 Å². The van der Waals surface area contributed by atoms with Gasteiger partial charge in [-0.15, -0.1) is 0 Å². The Morgan fingerprint density at radius 1 is 0.848 bits per heavy atom. The van der Waals surface area contributed by atoms with Crippen LogP contribution in [0.1, 0.15) is 46.5 Å². The highest BCUT2D eigenvalue weighted by Crippen LogP contribution is 2.21. The van der Waals surface area contributed by atoms with E-state index in [1.54, 1.807) is 15.5 Å². The Hall–Kier alpha value is -3.66. The molecule has 4 nitrogen and oxygen atoms in total. The average Bonchev–Trinajstić information content (AvgIpc) is 2.83. The molecule has 0 atom stereocenters. The summed E-state index contributed by atoms with van der Waals surface area (Å²) in [5, 5.41) is 0.877. The van der Waals surface area contributed by atoms with Gasteiger partial charge in [-0.3, -0.25) is 9.59 Å². The van der Waals surface area contributed by atoms with Crippen LogP contribution < -0.4 is 10.5 Å². The number of amides is 1. The minimum atomic E-state index is -0.272. The zero-order valence-corrected chi connectivity index (χ0v) is 19.8. The number of carbonyl (C=O) groups excluding carboxylic acids is 1. The Balaban J connectivity index is 1.81. The lowest BCUT2D eigenvalue weighted by Crippen LogP contribution is -2.37. The molecular formula is C29H30N2O2. The lowest BCUT2D eigenvalue weighted by Gasteiger charge is -2.22. The molecule has 0 spiro atoms. The number of benzene rings is 3. The van der Waals surface area contributed by atoms with Crippen LogP contribution in [0.4, 0.5) is 5.69 Å². The molecule has 0 unspecified atom stereocenters. The Morgan fingerprint density at radius 2 is 1.55 bits per heavy atom. The average molecular weight is 439 g/mol. The van der Waals surface area contributed by atoms with Crippen molar-refractivity contribution in [3.63, 3.8) is 0 Å². The molecule has 0 aliphatic carbocycles. The van der Waals surface area contributed by atoms with Gasteiger partial charge in [-0.25, -0.2) is 0 Å². The first-order valence-corrected chi connectivity index (χ1v) is 11.5. The molecule has 0 radical (unpaired) electrons. The maximum atomic E-state index is 13.6. The summed E-state index contributed by atoms with van der Waals surface area (Å²) in [7, 11) is 0. The molecule has 0 saturated carbocycles. The van der Waals surface area contributed by atoms with Gasteiger partial charge in [-0.05, 0) is 79.1 Å². The van der Waals surface area contributed by atoms with Gasteiger partial charge in [0.1, 0.15) is 5.56 Å². The SMILES string of the molecule is CCc1ccc(N(CC)C(=O)c2cc3ccccc3n(Cc3ccc(C)c(C)c3)c2=O)cc1. The normalized spacial score (nSPS) is 11.0. The number of pyridine rings is 1. The molecule has 4 aromatic rings. The van der Waals surface area contributed by atoms with Crippen LogP contribution in [0.2, 0.25) is 0 Å². The van der Waals surface area contributed by atoms with E-state index in [2.05, 4.69) is 32.9 Å². The van der Waals surface area contributed by atoms with Crippen LogP contribution in [0, 0.1) is 13.8 Å². The second-order valence-corrected chi connectivity index (χ2v) is 8.50. The largest absolute Gasteiger partial charge is 0.308 e. The predicted molar refractivity (Wildman–Crippen MR) is 136 cm³/mol. The molecule has 1 aromatic heterocycles. The molecule has 4 rings (SSSR count). The van der Waals surface area contributed by atoms with Gasteiger partial charge in [-0.2, -0.15) is 0 Å². The smallest absolute Gasteiger partial charge is 0.264 e. The quantitative estimate of drug-likeness (QED) is 0.376. The van der Waals surface area contributed by atoms with Gasteiger partial charge in [0.25, 0.3) is 11.5 Å². The van der Waals surface area contributed by atoms with E-state index in [4.69, 9.17) is 0 Å². The summed E-state index contributed by atoms with van der Waals surface area (Å²) >= 11 is 0. The molecule has 33 heavy (non-hydrogen) atoms. The van der Waals surface area contributed by atoms with Gasteiger partial charge in [-0.1, -0.05) is 55.5 Å². The molecule has 3 aromatic carbocycles. The number of rotatable bonds is 6. The molecule has 1 amide bonds. The Morgan fingerprint density at radius 3 is 2.21 bits per heavy atom. The monoisotopic (exact) mass is 438 g/mol. The van der Waals surface area contributed by atoms with Crippen LogP contribution in [0.3, 0.4) is 0 Å². The van der Waals surface area contributed by atoms with E-state index >= 15 is 0 Å². The third-order valence-corrected chi connectivity index (χ3v) is 6.36. The molecule has 0 aliphatic heterocycles. The highest BCUT2D eigenvalue weighted by atomic mass is 16.2. The van der Waals surface area contributed by atoms with Crippen molar-refractivity contribution in [3.8, 4) is 0 Å². The minimum Gasteiger partial charge on any atom is -0.308 e. The van der Waals surface area contributed by atoms with Crippen molar-refractivity contribution in [3.05, 3.63) is 111 Å². The van der Waals surface area contributed by atoms with Gasteiger partial charge in [0.15, 0.2) is 0 Å². The summed E-state index contributed by atoms with van der Waals surface area (Å²) in [4.78, 5) is 28.9. The highest BCUT2D eigenvalue weighted by molar-refractivity contribution is 6.07. The number of aromatic nitrogens is 1. The number of carbonyl (C=O) groups is 1. The zero-order valence-electron chi connectivity index (χ0n) is 19.8. The molecule has 0 aliphatic rings. The number of aryl methyl sites for hydroxylation is 3. The number of para-hydroxylation sites is 1. The van der Waals surface area contributed by atoms with E-state index in [0.717, 1.165) is 28.6 Å². The van der Waals surface area contributed by atoms with Crippen molar-refractivity contribution in [2.24, 2.45) is 0 Å². The fourth-order valence-electron chi connectivity index (χ4n) is 4.22. The Bertz CT molecular complexity index is 1370. The summed E-state index contributed by atoms with van der Waals surface area (Å²) in [6.07, 6.45) is 0.939. The third kappa shape index (κ3) is 4.47. The van der Waals surface area contributed by atoms with E-state index in [1.807, 2.05) is 61.5 Å². The molecular weight excluding hydrogens is 408 g/mol. The first-order chi connectivity index (χ1) is 15.9. The highest BCUT2D eigenvalue weighted by Gasteiger charge is 2.22. The standard InChI is InChI=1S/C29H30N2O2/c1-5-22-13-15-25(16-14-22)30(6-2)28(32)26-18-24-9-7-8-10-27(24)31(29(26)33)19-23-12-11-20(3)21(4)17-23/h7-18H,5-6,19H2,1-4H3. The first kappa shape index (κ1) is 22.5. The fraction of sp³-hybridized carbons (Fsp3) is 0.241. The third-order valence-electron chi connectivity index (χ3n) is 6.36. The summed E-state index contributed by atoms with van der Waals surface area (Å²) in [5.41, 5.74) is 6.21. The molecule has 0 N–H and O–H groups in total. The van der Waals surface area contributed by atoms with Crippen LogP contribution in [-0.4, -0.2) is 17.0 Å². The lowest BCUT2D eigenvalue weighted by molar-refractivity contribution is 0.0986. The van der Waals surface area contributed by atoms with Crippen LogP contribution in [0.25, 0.3) is 10.9 Å². The second kappa shape index (κ2) is 9.45.